The molecule has 13 rings (SSSR count). The van der Waals surface area contributed by atoms with E-state index in [9.17, 15) is 0 Å². The van der Waals surface area contributed by atoms with Crippen LogP contribution in [0, 0.1) is 0 Å². The number of benzene rings is 10. The fourth-order valence-corrected chi connectivity index (χ4v) is 9.87. The van der Waals surface area contributed by atoms with Crippen molar-refractivity contribution in [1.82, 2.24) is 0 Å². The standard InChI is InChI=1S/C60H37NO3/c1-3-15-38(16-4-1)43-19-7-11-23-50(43)61(42-31-34-54-49(37-42)44-20-8-12-24-51(44)62-54)41-29-27-40(28-30-41)58-46(33-36-56-60(58)48-22-10-14-26-53(48)64-56)45-32-35-55-59(47-21-9-13-25-52(47)63-55)57(45)39-17-5-2-6-18-39/h1-37H. The average molecular weight is 820 g/mol. The van der Waals surface area contributed by atoms with E-state index in [2.05, 4.69) is 205 Å². The Morgan fingerprint density at radius 3 is 1.33 bits per heavy atom. The monoisotopic (exact) mass is 819 g/mol. The van der Waals surface area contributed by atoms with Gasteiger partial charge in [-0.25, -0.2) is 0 Å². The minimum absolute atomic E-state index is 0.846. The van der Waals surface area contributed by atoms with Crippen LogP contribution >= 0.6 is 0 Å². The van der Waals surface area contributed by atoms with Crippen LogP contribution in [0.1, 0.15) is 0 Å². The highest BCUT2D eigenvalue weighted by Gasteiger charge is 2.24. The Hall–Kier alpha value is -8.60. The van der Waals surface area contributed by atoms with Gasteiger partial charge in [0.25, 0.3) is 0 Å². The van der Waals surface area contributed by atoms with Crippen LogP contribution in [-0.4, -0.2) is 0 Å². The summed E-state index contributed by atoms with van der Waals surface area (Å²) in [5.74, 6) is 0. The molecule has 0 radical (unpaired) electrons. The van der Waals surface area contributed by atoms with Gasteiger partial charge < -0.3 is 18.2 Å². The van der Waals surface area contributed by atoms with Crippen molar-refractivity contribution in [2.24, 2.45) is 0 Å². The van der Waals surface area contributed by atoms with E-state index in [1.807, 2.05) is 24.3 Å². The predicted octanol–water partition coefficient (Wildman–Crippen LogP) is 17.5. The normalized spacial score (nSPS) is 11.8. The molecule has 0 N–H and O–H groups in total. The van der Waals surface area contributed by atoms with Crippen molar-refractivity contribution in [3.05, 3.63) is 224 Å². The molecule has 0 bridgehead atoms. The maximum absolute atomic E-state index is 6.60. The molecule has 0 atom stereocenters. The van der Waals surface area contributed by atoms with Gasteiger partial charge in [-0.2, -0.15) is 0 Å². The Bertz CT molecular complexity index is 3890. The number of rotatable bonds is 7. The minimum atomic E-state index is 0.846. The summed E-state index contributed by atoms with van der Waals surface area (Å²) < 4.78 is 19.4. The molecule has 0 aliphatic carbocycles. The van der Waals surface area contributed by atoms with Crippen LogP contribution in [0.5, 0.6) is 0 Å². The van der Waals surface area contributed by atoms with Crippen LogP contribution in [0.15, 0.2) is 238 Å². The maximum atomic E-state index is 6.60. The number of anilines is 3. The van der Waals surface area contributed by atoms with Gasteiger partial charge in [-0.1, -0.05) is 146 Å². The first-order chi connectivity index (χ1) is 31.7. The summed E-state index contributed by atoms with van der Waals surface area (Å²) in [6.07, 6.45) is 0. The Morgan fingerprint density at radius 1 is 0.266 bits per heavy atom. The molecule has 300 valence electrons. The first-order valence-corrected chi connectivity index (χ1v) is 21.7. The van der Waals surface area contributed by atoms with Gasteiger partial charge in [0.2, 0.25) is 0 Å². The topological polar surface area (TPSA) is 42.7 Å². The van der Waals surface area contributed by atoms with Gasteiger partial charge in [-0.3, -0.25) is 0 Å². The summed E-state index contributed by atoms with van der Waals surface area (Å²) in [7, 11) is 0. The molecule has 0 spiro atoms. The van der Waals surface area contributed by atoms with Gasteiger partial charge in [-0.15, -0.1) is 0 Å². The second-order valence-electron chi connectivity index (χ2n) is 16.3. The van der Waals surface area contributed by atoms with Gasteiger partial charge in [0.1, 0.15) is 33.5 Å². The zero-order chi connectivity index (χ0) is 42.1. The van der Waals surface area contributed by atoms with Gasteiger partial charge >= 0.3 is 0 Å². The van der Waals surface area contributed by atoms with E-state index in [-0.39, 0.29) is 0 Å². The lowest BCUT2D eigenvalue weighted by molar-refractivity contribution is 0.668. The molecule has 0 unspecified atom stereocenters. The summed E-state index contributed by atoms with van der Waals surface area (Å²) in [4.78, 5) is 2.37. The number of fused-ring (bicyclic) bond motifs is 9. The number of nitrogens with zero attached hydrogens (tertiary/aromatic N) is 1. The Kier molecular flexibility index (Phi) is 8.18. The highest BCUT2D eigenvalue weighted by molar-refractivity contribution is 6.20. The molecule has 3 aromatic heterocycles. The quantitative estimate of drug-likeness (QED) is 0.161. The molecule has 0 fully saturated rings. The third-order valence-electron chi connectivity index (χ3n) is 12.7. The molecule has 0 saturated carbocycles. The lowest BCUT2D eigenvalue weighted by Crippen LogP contribution is -2.11. The van der Waals surface area contributed by atoms with Gasteiger partial charge in [-0.05, 0) is 107 Å². The van der Waals surface area contributed by atoms with Crippen LogP contribution in [-0.2, 0) is 0 Å². The molecular weight excluding hydrogens is 783 g/mol. The third kappa shape index (κ3) is 5.70. The van der Waals surface area contributed by atoms with Crippen LogP contribution in [0.4, 0.5) is 17.1 Å². The van der Waals surface area contributed by atoms with Crippen molar-refractivity contribution in [3.8, 4) is 44.5 Å². The van der Waals surface area contributed by atoms with E-state index >= 15 is 0 Å². The van der Waals surface area contributed by atoms with E-state index in [0.717, 1.165) is 127 Å². The van der Waals surface area contributed by atoms with Crippen LogP contribution < -0.4 is 4.90 Å². The smallest absolute Gasteiger partial charge is 0.136 e. The molecule has 0 amide bonds. The number of para-hydroxylation sites is 4. The summed E-state index contributed by atoms with van der Waals surface area (Å²) in [5, 5.41) is 6.53. The highest BCUT2D eigenvalue weighted by atomic mass is 16.3. The Morgan fingerprint density at radius 2 is 0.703 bits per heavy atom. The van der Waals surface area contributed by atoms with Gasteiger partial charge in [0.15, 0.2) is 0 Å². The first-order valence-electron chi connectivity index (χ1n) is 21.7. The molecule has 13 aromatic rings. The maximum Gasteiger partial charge on any atom is 0.136 e. The summed E-state index contributed by atoms with van der Waals surface area (Å²) >= 11 is 0. The number of furan rings is 3. The molecule has 0 aliphatic rings. The molecule has 0 saturated heterocycles. The largest absolute Gasteiger partial charge is 0.456 e. The van der Waals surface area contributed by atoms with E-state index in [0.29, 0.717) is 0 Å². The fraction of sp³-hybridized carbons (Fsp3) is 0. The molecule has 4 nitrogen and oxygen atoms in total. The third-order valence-corrected chi connectivity index (χ3v) is 12.7. The SMILES string of the molecule is c1ccc(-c2ccccc2N(c2ccc(-c3c(-c4ccc5oc6ccccc6c5c4-c4ccccc4)ccc4oc5ccccc5c34)cc2)c2ccc3oc4ccccc4c3c2)cc1. The zero-order valence-electron chi connectivity index (χ0n) is 34.5. The van der Waals surface area contributed by atoms with Crippen molar-refractivity contribution in [1.29, 1.82) is 0 Å². The summed E-state index contributed by atoms with van der Waals surface area (Å²) in [6, 6.07) is 79.2. The van der Waals surface area contributed by atoms with Crippen LogP contribution in [0.25, 0.3) is 110 Å². The van der Waals surface area contributed by atoms with Gasteiger partial charge in [0.05, 0.1) is 5.69 Å². The summed E-state index contributed by atoms with van der Waals surface area (Å²) in [6.45, 7) is 0. The molecule has 3 heterocycles. The number of hydrogen-bond donors (Lipinski definition) is 0. The van der Waals surface area contributed by atoms with Crippen molar-refractivity contribution >= 4 is 82.9 Å². The zero-order valence-corrected chi connectivity index (χ0v) is 34.5. The average Bonchev–Trinajstić information content (AvgIpc) is 4.06. The lowest BCUT2D eigenvalue weighted by Gasteiger charge is -2.28. The molecule has 4 heteroatoms. The second kappa shape index (κ2) is 14.5. The van der Waals surface area contributed by atoms with Gasteiger partial charge in [0, 0.05) is 60.4 Å². The summed E-state index contributed by atoms with van der Waals surface area (Å²) in [5.41, 5.74) is 17.3. The van der Waals surface area contributed by atoms with E-state index in [1.54, 1.807) is 0 Å². The molecule has 10 aromatic carbocycles. The number of hydrogen-bond acceptors (Lipinski definition) is 4. The fourth-order valence-electron chi connectivity index (χ4n) is 9.87. The van der Waals surface area contributed by atoms with Crippen LogP contribution in [0.3, 0.4) is 0 Å². The second-order valence-corrected chi connectivity index (χ2v) is 16.3. The Labute approximate surface area is 368 Å². The lowest BCUT2D eigenvalue weighted by atomic mass is 9.85. The van der Waals surface area contributed by atoms with Crippen molar-refractivity contribution in [2.75, 3.05) is 4.90 Å². The molecular formula is C60H37NO3. The first kappa shape index (κ1) is 36.1. The van der Waals surface area contributed by atoms with E-state index in [4.69, 9.17) is 13.3 Å². The van der Waals surface area contributed by atoms with E-state index < -0.39 is 0 Å². The Balaban J connectivity index is 1.06. The van der Waals surface area contributed by atoms with Crippen molar-refractivity contribution < 1.29 is 13.3 Å². The van der Waals surface area contributed by atoms with Crippen molar-refractivity contribution in [3.63, 3.8) is 0 Å². The van der Waals surface area contributed by atoms with E-state index in [1.165, 1.54) is 0 Å². The minimum Gasteiger partial charge on any atom is -0.456 e. The van der Waals surface area contributed by atoms with Crippen LogP contribution in [0.2, 0.25) is 0 Å². The van der Waals surface area contributed by atoms with Crippen molar-refractivity contribution in [2.45, 2.75) is 0 Å². The molecule has 64 heavy (non-hydrogen) atoms. The predicted molar refractivity (Wildman–Crippen MR) is 265 cm³/mol. The highest BCUT2D eigenvalue weighted by Crippen LogP contribution is 2.50. The molecule has 0 aliphatic heterocycles.